The Morgan fingerprint density at radius 3 is 1.91 bits per heavy atom. The summed E-state index contributed by atoms with van der Waals surface area (Å²) in [6.45, 7) is 8.07. The Bertz CT molecular complexity index is 1210. The number of nitrogens with one attached hydrogen (secondary N) is 1. The smallest absolute Gasteiger partial charge is 0.410 e. The fraction of sp³-hybridized carbons (Fsp3) is 0.667. The molecule has 10 heteroatoms. The van der Waals surface area contributed by atoms with Crippen LogP contribution in [0.5, 0.6) is 11.5 Å². The number of carbonyl (C=O) groups is 1. The number of carbonyl (C=O) groups excluding carboxylic acids is 1. The van der Waals surface area contributed by atoms with E-state index in [4.69, 9.17) is 14.2 Å². The molecule has 0 aromatic carbocycles. The van der Waals surface area contributed by atoms with Gasteiger partial charge in [0.05, 0.1) is 31.8 Å². The molecule has 2 aliphatic carbocycles. The van der Waals surface area contributed by atoms with Crippen molar-refractivity contribution in [2.75, 3.05) is 39.7 Å². The van der Waals surface area contributed by atoms with E-state index in [1.54, 1.807) is 17.3 Å². The second-order valence-electron chi connectivity index (χ2n) is 13.2. The molecular weight excluding hydrogens is 554 g/mol. The predicted molar refractivity (Wildman–Crippen MR) is 160 cm³/mol. The van der Waals surface area contributed by atoms with Gasteiger partial charge in [0.15, 0.2) is 0 Å². The Balaban J connectivity index is 0.000000180. The van der Waals surface area contributed by atoms with Crippen molar-refractivity contribution in [3.8, 4) is 11.5 Å². The van der Waals surface area contributed by atoms with Gasteiger partial charge in [-0.15, -0.1) is 0 Å². The van der Waals surface area contributed by atoms with Crippen molar-refractivity contribution in [1.29, 1.82) is 0 Å². The minimum atomic E-state index is -0.489. The highest BCUT2D eigenvalue weighted by molar-refractivity contribution is 5.69. The van der Waals surface area contributed by atoms with E-state index in [0.29, 0.717) is 68.1 Å². The first kappa shape index (κ1) is 31.4. The molecule has 2 saturated carbocycles. The van der Waals surface area contributed by atoms with Crippen LogP contribution in [-0.2, 0) is 4.74 Å². The summed E-state index contributed by atoms with van der Waals surface area (Å²) in [7, 11) is 0. The van der Waals surface area contributed by atoms with Crippen molar-refractivity contribution < 1.29 is 27.8 Å². The van der Waals surface area contributed by atoms with Gasteiger partial charge < -0.3 is 24.4 Å². The lowest BCUT2D eigenvalue weighted by Crippen LogP contribution is -2.55. The molecule has 236 valence electrons. The zero-order valence-corrected chi connectivity index (χ0v) is 25.6. The van der Waals surface area contributed by atoms with Gasteiger partial charge in [0.1, 0.15) is 30.3 Å². The van der Waals surface area contributed by atoms with Crippen LogP contribution in [-0.4, -0.2) is 78.3 Å². The third-order valence-electron chi connectivity index (χ3n) is 8.72. The SMILES string of the molecule is CC(C)(C)OC(=O)N1CC[C@H]1COc1cncc([C@H]2C[C@@H]2CCF)c1.FCC[C@H]1C[C@@H]1c1cncc(OC[C@@H]2CCN2)c1. The van der Waals surface area contributed by atoms with Crippen LogP contribution in [0.25, 0.3) is 0 Å². The van der Waals surface area contributed by atoms with Crippen LogP contribution in [0.1, 0.15) is 82.3 Å². The quantitative estimate of drug-likeness (QED) is 0.310. The maximum Gasteiger partial charge on any atom is 0.410 e. The van der Waals surface area contributed by atoms with Crippen LogP contribution in [0.4, 0.5) is 13.6 Å². The van der Waals surface area contributed by atoms with Gasteiger partial charge in [-0.05, 0) is 113 Å². The fourth-order valence-corrected chi connectivity index (χ4v) is 5.72. The van der Waals surface area contributed by atoms with E-state index in [9.17, 15) is 13.6 Å². The van der Waals surface area contributed by atoms with Gasteiger partial charge in [-0.25, -0.2) is 4.79 Å². The minimum absolute atomic E-state index is 0.0405. The molecule has 6 rings (SSSR count). The highest BCUT2D eigenvalue weighted by Crippen LogP contribution is 2.50. The van der Waals surface area contributed by atoms with E-state index in [0.717, 1.165) is 37.1 Å². The molecule has 1 amide bonds. The molecule has 2 saturated heterocycles. The summed E-state index contributed by atoms with van der Waals surface area (Å²) in [6.07, 6.45) is 12.4. The lowest BCUT2D eigenvalue weighted by atomic mass is 10.1. The first-order chi connectivity index (χ1) is 20.7. The van der Waals surface area contributed by atoms with Crippen molar-refractivity contribution >= 4 is 6.09 Å². The molecule has 0 radical (unpaired) electrons. The molecule has 4 fully saturated rings. The fourth-order valence-electron chi connectivity index (χ4n) is 5.72. The first-order valence-electron chi connectivity index (χ1n) is 15.7. The van der Waals surface area contributed by atoms with Crippen LogP contribution in [0.3, 0.4) is 0 Å². The minimum Gasteiger partial charge on any atom is -0.490 e. The van der Waals surface area contributed by atoms with Gasteiger partial charge in [0.25, 0.3) is 0 Å². The van der Waals surface area contributed by atoms with Crippen LogP contribution < -0.4 is 14.8 Å². The van der Waals surface area contributed by atoms with Crippen LogP contribution in [0, 0.1) is 11.8 Å². The molecule has 8 nitrogen and oxygen atoms in total. The molecular formula is C33H46F2N4O4. The normalized spacial score (nSPS) is 27.1. The third kappa shape index (κ3) is 9.00. The Hall–Kier alpha value is -3.01. The lowest BCUT2D eigenvalue weighted by molar-refractivity contribution is -0.0141. The average molecular weight is 601 g/mol. The zero-order valence-electron chi connectivity index (χ0n) is 25.6. The van der Waals surface area contributed by atoms with Gasteiger partial charge in [0.2, 0.25) is 0 Å². The van der Waals surface area contributed by atoms with Crippen LogP contribution in [0.2, 0.25) is 0 Å². The maximum absolute atomic E-state index is 12.4. The Kier molecular flexibility index (Phi) is 10.4. The molecule has 2 aromatic heterocycles. The van der Waals surface area contributed by atoms with E-state index in [-0.39, 0.29) is 25.5 Å². The standard InChI is InChI=1S/C19H27FN2O3.C14H19FN2O/c1-19(2,3)25-18(23)22-7-5-15(22)12-24-16-8-14(10-21-11-16)17-9-13(17)4-6-20;15-3-1-10-6-14(10)11-5-13(8-16-7-11)18-9-12-2-4-17-12/h8,10-11,13,15,17H,4-7,9,12H2,1-3H3;5,7-8,10,12,14,17H,1-4,6,9H2/t13-,15-,17-;10-,12-,14-/m00/s1. The van der Waals surface area contributed by atoms with Crippen molar-refractivity contribution in [2.24, 2.45) is 11.8 Å². The summed E-state index contributed by atoms with van der Waals surface area (Å²) in [6, 6.07) is 4.59. The molecule has 43 heavy (non-hydrogen) atoms. The predicted octanol–water partition coefficient (Wildman–Crippen LogP) is 6.22. The zero-order chi connectivity index (χ0) is 30.4. The summed E-state index contributed by atoms with van der Waals surface area (Å²) in [5.41, 5.74) is 1.83. The summed E-state index contributed by atoms with van der Waals surface area (Å²) in [5.74, 6) is 3.41. The van der Waals surface area contributed by atoms with Crippen molar-refractivity contribution in [2.45, 2.75) is 88.8 Å². The van der Waals surface area contributed by atoms with E-state index in [2.05, 4.69) is 21.4 Å². The van der Waals surface area contributed by atoms with E-state index >= 15 is 0 Å². The molecule has 4 aliphatic rings. The number of aromatic nitrogens is 2. The second kappa shape index (κ2) is 14.2. The first-order valence-corrected chi connectivity index (χ1v) is 15.7. The number of hydrogen-bond acceptors (Lipinski definition) is 7. The topological polar surface area (TPSA) is 85.8 Å². The van der Waals surface area contributed by atoms with Crippen LogP contribution >= 0.6 is 0 Å². The molecule has 0 unspecified atom stereocenters. The van der Waals surface area contributed by atoms with Crippen molar-refractivity contribution in [3.63, 3.8) is 0 Å². The Morgan fingerprint density at radius 1 is 0.907 bits per heavy atom. The highest BCUT2D eigenvalue weighted by Gasteiger charge is 2.39. The van der Waals surface area contributed by atoms with Crippen molar-refractivity contribution in [3.05, 3.63) is 48.0 Å². The van der Waals surface area contributed by atoms with E-state index < -0.39 is 5.60 Å². The lowest BCUT2D eigenvalue weighted by Gasteiger charge is -2.40. The summed E-state index contributed by atoms with van der Waals surface area (Å²) in [4.78, 5) is 22.3. The number of likely N-dealkylation sites (tertiary alicyclic amines) is 1. The average Bonchev–Trinajstić information content (AvgIpc) is 3.84. The molecule has 6 atom stereocenters. The number of alkyl halides is 2. The Labute approximate surface area is 253 Å². The maximum atomic E-state index is 12.4. The summed E-state index contributed by atoms with van der Waals surface area (Å²) in [5, 5.41) is 3.30. The molecule has 0 bridgehead atoms. The molecule has 0 spiro atoms. The monoisotopic (exact) mass is 600 g/mol. The highest BCUT2D eigenvalue weighted by atomic mass is 19.1. The van der Waals surface area contributed by atoms with Gasteiger partial charge >= 0.3 is 6.09 Å². The van der Waals surface area contributed by atoms with Crippen LogP contribution in [0.15, 0.2) is 36.9 Å². The van der Waals surface area contributed by atoms with E-state index in [1.165, 1.54) is 12.0 Å². The number of ether oxygens (including phenoxy) is 3. The van der Waals surface area contributed by atoms with Gasteiger partial charge in [-0.3, -0.25) is 18.7 Å². The number of amides is 1. The van der Waals surface area contributed by atoms with Gasteiger partial charge in [-0.1, -0.05) is 0 Å². The number of halogens is 2. The molecule has 4 heterocycles. The molecule has 2 aromatic rings. The third-order valence-corrected chi connectivity index (χ3v) is 8.72. The largest absolute Gasteiger partial charge is 0.490 e. The number of rotatable bonds is 12. The molecule has 2 aliphatic heterocycles. The Morgan fingerprint density at radius 2 is 1.47 bits per heavy atom. The van der Waals surface area contributed by atoms with E-state index in [1.807, 2.05) is 39.2 Å². The number of pyridine rings is 2. The molecule has 1 N–H and O–H groups in total. The number of nitrogens with zero attached hydrogens (tertiary/aromatic N) is 3. The van der Waals surface area contributed by atoms with Gasteiger partial charge in [-0.2, -0.15) is 0 Å². The summed E-state index contributed by atoms with van der Waals surface area (Å²) >= 11 is 0. The van der Waals surface area contributed by atoms with Gasteiger partial charge in [0, 0.05) is 25.0 Å². The second-order valence-corrected chi connectivity index (χ2v) is 13.2. The number of hydrogen-bond donors (Lipinski definition) is 1. The summed E-state index contributed by atoms with van der Waals surface area (Å²) < 4.78 is 41.7. The van der Waals surface area contributed by atoms with Crippen molar-refractivity contribution in [1.82, 2.24) is 20.2 Å².